The minimum absolute atomic E-state index is 0.0371. The fourth-order valence-electron chi connectivity index (χ4n) is 4.20. The van der Waals surface area contributed by atoms with Crippen LogP contribution in [0.15, 0.2) is 23.8 Å². The summed E-state index contributed by atoms with van der Waals surface area (Å²) in [6, 6.07) is 2.58. The largest absolute Gasteiger partial charge is 0.493 e. The number of benzene rings is 1. The van der Waals surface area contributed by atoms with E-state index in [9.17, 15) is 24.9 Å². The number of methoxy groups -OCH3 is 1. The Morgan fingerprint density at radius 2 is 2.00 bits per heavy atom. The second-order valence-corrected chi connectivity index (χ2v) is 10.4. The van der Waals surface area contributed by atoms with E-state index in [0.29, 0.717) is 45.8 Å². The van der Waals surface area contributed by atoms with Crippen molar-refractivity contribution in [1.82, 2.24) is 10.2 Å². The summed E-state index contributed by atoms with van der Waals surface area (Å²) in [6.45, 7) is 6.17. The molecule has 0 saturated heterocycles. The third kappa shape index (κ3) is 9.87. The number of halogens is 1. The number of hydrogen-bond acceptors (Lipinski definition) is 9. The quantitative estimate of drug-likeness (QED) is 0.152. The average Bonchev–Trinajstić information content (AvgIpc) is 2.92. The van der Waals surface area contributed by atoms with Crippen LogP contribution in [-0.2, 0) is 25.7 Å². The molecule has 11 nitrogen and oxygen atoms in total. The van der Waals surface area contributed by atoms with Gasteiger partial charge in [0.2, 0.25) is 11.8 Å². The van der Waals surface area contributed by atoms with E-state index in [1.165, 1.54) is 18.1 Å². The molecule has 0 spiro atoms. The number of carbonyl (C=O) groups excluding carboxylic acids is 2. The van der Waals surface area contributed by atoms with Gasteiger partial charge in [0.25, 0.3) is 0 Å². The van der Waals surface area contributed by atoms with Crippen molar-refractivity contribution in [3.8, 4) is 11.5 Å². The van der Waals surface area contributed by atoms with E-state index in [1.54, 1.807) is 19.1 Å². The fraction of sp³-hybridized carbons (Fsp3) is 0.630. The molecule has 1 aliphatic carbocycles. The maximum atomic E-state index is 13.2. The van der Waals surface area contributed by atoms with Crippen LogP contribution in [0.2, 0.25) is 0 Å². The highest BCUT2D eigenvalue weighted by Crippen LogP contribution is 2.37. The molecule has 3 atom stereocenters. The molecule has 2 rings (SSSR count). The summed E-state index contributed by atoms with van der Waals surface area (Å²) < 4.78 is 23.4. The standard InChI is InChI=1S/C27H41IN2O9/c1-5-37-16-24(33)30(8-6-10-38-17(2)3)21-13-19(27(35)29-7-9-31)14-22(25(21)34)39-26-20(28)11-18(15-32)12-23(26)36-4/h11-12,14,17,21-22,25,31-32,34H,5-10,13,15-16H2,1-4H3,(H,29,35)/t21-,22+,25+/m1/s1. The first-order valence-corrected chi connectivity index (χ1v) is 14.1. The van der Waals surface area contributed by atoms with Gasteiger partial charge in [-0.2, -0.15) is 0 Å². The summed E-state index contributed by atoms with van der Waals surface area (Å²) in [7, 11) is 1.47. The lowest BCUT2D eigenvalue weighted by atomic mass is 9.88. The number of nitrogens with zero attached hydrogens (tertiary/aromatic N) is 1. The summed E-state index contributed by atoms with van der Waals surface area (Å²) in [4.78, 5) is 27.7. The minimum Gasteiger partial charge on any atom is -0.493 e. The van der Waals surface area contributed by atoms with Gasteiger partial charge < -0.3 is 44.5 Å². The lowest BCUT2D eigenvalue weighted by Gasteiger charge is -2.40. The molecule has 4 N–H and O–H groups in total. The van der Waals surface area contributed by atoms with Gasteiger partial charge >= 0.3 is 0 Å². The predicted molar refractivity (Wildman–Crippen MR) is 153 cm³/mol. The van der Waals surface area contributed by atoms with Crippen molar-refractivity contribution in [3.63, 3.8) is 0 Å². The second kappa shape index (κ2) is 17.0. The fourth-order valence-corrected chi connectivity index (χ4v) is 4.99. The van der Waals surface area contributed by atoms with Gasteiger partial charge in [0.15, 0.2) is 11.5 Å². The van der Waals surface area contributed by atoms with Crippen LogP contribution >= 0.6 is 22.6 Å². The Morgan fingerprint density at radius 3 is 2.62 bits per heavy atom. The molecular weight excluding hydrogens is 623 g/mol. The Labute approximate surface area is 243 Å². The molecule has 0 bridgehead atoms. The second-order valence-electron chi connectivity index (χ2n) is 9.28. The highest BCUT2D eigenvalue weighted by Gasteiger charge is 2.40. The van der Waals surface area contributed by atoms with Gasteiger partial charge in [-0.05, 0) is 73.6 Å². The van der Waals surface area contributed by atoms with Crippen molar-refractivity contribution < 1.29 is 43.9 Å². The van der Waals surface area contributed by atoms with Gasteiger partial charge in [0, 0.05) is 38.3 Å². The molecular formula is C27H41IN2O9. The molecule has 220 valence electrons. The van der Waals surface area contributed by atoms with Crippen LogP contribution < -0.4 is 14.8 Å². The number of ether oxygens (including phenoxy) is 4. The lowest BCUT2D eigenvalue weighted by molar-refractivity contribution is -0.143. The Bertz CT molecular complexity index is 973. The molecule has 0 aliphatic heterocycles. The number of carbonyl (C=O) groups is 2. The topological polar surface area (TPSA) is 147 Å². The van der Waals surface area contributed by atoms with Crippen LogP contribution in [0.4, 0.5) is 0 Å². The minimum atomic E-state index is -1.19. The molecule has 1 aromatic rings. The highest BCUT2D eigenvalue weighted by atomic mass is 127. The SMILES string of the molecule is CCOCC(=O)N(CCCOC(C)C)[C@@H]1CC(C(=O)NCCO)=C[C@H](Oc2c(I)cc(CO)cc2OC)[C@H]1O. The molecule has 12 heteroatoms. The zero-order valence-corrected chi connectivity index (χ0v) is 25.2. The lowest BCUT2D eigenvalue weighted by Crippen LogP contribution is -2.56. The Kier molecular flexibility index (Phi) is 14.5. The number of hydrogen-bond donors (Lipinski definition) is 4. The summed E-state index contributed by atoms with van der Waals surface area (Å²) in [5.41, 5.74) is 0.943. The Balaban J connectivity index is 2.44. The molecule has 0 heterocycles. The van der Waals surface area contributed by atoms with E-state index >= 15 is 0 Å². The van der Waals surface area contributed by atoms with Crippen LogP contribution in [0.1, 0.15) is 39.2 Å². The average molecular weight is 665 g/mol. The predicted octanol–water partition coefficient (Wildman–Crippen LogP) is 1.39. The van der Waals surface area contributed by atoms with Crippen LogP contribution in [0.25, 0.3) is 0 Å². The summed E-state index contributed by atoms with van der Waals surface area (Å²) in [5.74, 6) is -0.0492. The van der Waals surface area contributed by atoms with Crippen molar-refractivity contribution in [2.24, 2.45) is 0 Å². The van der Waals surface area contributed by atoms with E-state index in [2.05, 4.69) is 27.9 Å². The van der Waals surface area contributed by atoms with E-state index in [4.69, 9.17) is 18.9 Å². The maximum absolute atomic E-state index is 13.2. The molecule has 0 fully saturated rings. The Morgan fingerprint density at radius 1 is 1.26 bits per heavy atom. The van der Waals surface area contributed by atoms with E-state index < -0.39 is 24.2 Å². The van der Waals surface area contributed by atoms with E-state index in [0.717, 1.165) is 0 Å². The van der Waals surface area contributed by atoms with Crippen LogP contribution in [0.3, 0.4) is 0 Å². The first-order chi connectivity index (χ1) is 18.7. The van der Waals surface area contributed by atoms with Crippen LogP contribution in [-0.4, -0.2) is 103 Å². The zero-order chi connectivity index (χ0) is 28.9. The van der Waals surface area contributed by atoms with Crippen molar-refractivity contribution in [2.75, 3.05) is 46.6 Å². The van der Waals surface area contributed by atoms with Crippen molar-refractivity contribution in [1.29, 1.82) is 0 Å². The third-order valence-electron chi connectivity index (χ3n) is 6.08. The summed E-state index contributed by atoms with van der Waals surface area (Å²) in [6.07, 6.45) is -0.0103. The third-order valence-corrected chi connectivity index (χ3v) is 6.89. The van der Waals surface area contributed by atoms with Gasteiger partial charge in [-0.15, -0.1) is 0 Å². The molecule has 0 aromatic heterocycles. The van der Waals surface area contributed by atoms with Crippen molar-refractivity contribution in [2.45, 2.75) is 64.6 Å². The monoisotopic (exact) mass is 664 g/mol. The number of nitrogens with one attached hydrogen (secondary N) is 1. The Hall–Kier alpha value is -1.97. The normalized spacial score (nSPS) is 19.0. The van der Waals surface area contributed by atoms with E-state index in [-0.39, 0.29) is 51.3 Å². The van der Waals surface area contributed by atoms with Gasteiger partial charge in [-0.3, -0.25) is 9.59 Å². The van der Waals surface area contributed by atoms with E-state index in [1.807, 2.05) is 13.8 Å². The smallest absolute Gasteiger partial charge is 0.248 e. The first-order valence-electron chi connectivity index (χ1n) is 13.1. The van der Waals surface area contributed by atoms with Gasteiger partial charge in [0.1, 0.15) is 18.8 Å². The molecule has 0 unspecified atom stereocenters. The number of amides is 2. The van der Waals surface area contributed by atoms with Crippen LogP contribution in [0, 0.1) is 3.57 Å². The first kappa shape index (κ1) is 33.2. The number of aliphatic hydroxyl groups is 3. The zero-order valence-electron chi connectivity index (χ0n) is 23.0. The molecule has 2 amide bonds. The molecule has 0 radical (unpaired) electrons. The molecule has 0 saturated carbocycles. The van der Waals surface area contributed by atoms with Crippen molar-refractivity contribution in [3.05, 3.63) is 32.9 Å². The van der Waals surface area contributed by atoms with Crippen molar-refractivity contribution >= 4 is 34.4 Å². The highest BCUT2D eigenvalue weighted by molar-refractivity contribution is 14.1. The van der Waals surface area contributed by atoms with Gasteiger partial charge in [0.05, 0.1) is 36.0 Å². The summed E-state index contributed by atoms with van der Waals surface area (Å²) in [5, 5.41) is 32.9. The molecule has 39 heavy (non-hydrogen) atoms. The molecule has 1 aromatic carbocycles. The van der Waals surface area contributed by atoms with Gasteiger partial charge in [-0.1, -0.05) is 0 Å². The molecule has 1 aliphatic rings. The number of rotatable bonds is 16. The summed E-state index contributed by atoms with van der Waals surface area (Å²) >= 11 is 2.05. The maximum Gasteiger partial charge on any atom is 0.248 e. The van der Waals surface area contributed by atoms with Gasteiger partial charge in [-0.25, -0.2) is 0 Å². The van der Waals surface area contributed by atoms with Crippen LogP contribution in [0.5, 0.6) is 11.5 Å². The number of aliphatic hydroxyl groups excluding tert-OH is 3.